The lowest BCUT2D eigenvalue weighted by molar-refractivity contribution is 0.511. The highest BCUT2D eigenvalue weighted by molar-refractivity contribution is 6.30. The molecular formula is C16H21ClN4. The van der Waals surface area contributed by atoms with Crippen molar-refractivity contribution in [3.63, 3.8) is 0 Å². The average Bonchev–Trinajstić information content (AvgIpc) is 3.13. The standard InChI is InChI=1S/C16H21ClN4/c1-12-2-3-14(17)8-15(12)21-7-4-13(11-21)9-18-10-16-19-5-6-20-16/h2-3,5-6,8,13,18H,4,7,9-11H2,1H3,(H,19,20). The summed E-state index contributed by atoms with van der Waals surface area (Å²) in [7, 11) is 0. The maximum atomic E-state index is 6.12. The summed E-state index contributed by atoms with van der Waals surface area (Å²) < 4.78 is 0. The molecule has 21 heavy (non-hydrogen) atoms. The zero-order chi connectivity index (χ0) is 14.7. The second kappa shape index (κ2) is 6.50. The number of nitrogens with zero attached hydrogens (tertiary/aromatic N) is 2. The highest BCUT2D eigenvalue weighted by Gasteiger charge is 2.23. The summed E-state index contributed by atoms with van der Waals surface area (Å²) in [5, 5.41) is 4.30. The highest BCUT2D eigenvalue weighted by atomic mass is 35.5. The summed E-state index contributed by atoms with van der Waals surface area (Å²) >= 11 is 6.12. The van der Waals surface area contributed by atoms with Crippen molar-refractivity contribution < 1.29 is 0 Å². The quantitative estimate of drug-likeness (QED) is 0.892. The van der Waals surface area contributed by atoms with Gasteiger partial charge < -0.3 is 15.2 Å². The van der Waals surface area contributed by atoms with E-state index in [1.165, 1.54) is 17.7 Å². The molecule has 3 rings (SSSR count). The van der Waals surface area contributed by atoms with Crippen molar-refractivity contribution >= 4 is 17.3 Å². The number of aromatic nitrogens is 2. The fourth-order valence-electron chi connectivity index (χ4n) is 2.93. The number of benzene rings is 1. The molecular weight excluding hydrogens is 284 g/mol. The molecule has 112 valence electrons. The second-order valence-corrected chi connectivity index (χ2v) is 6.13. The Hall–Kier alpha value is -1.52. The summed E-state index contributed by atoms with van der Waals surface area (Å²) in [6.45, 7) is 6.17. The van der Waals surface area contributed by atoms with Gasteiger partial charge in [-0.15, -0.1) is 0 Å². The molecule has 4 nitrogen and oxygen atoms in total. The summed E-state index contributed by atoms with van der Waals surface area (Å²) in [6.07, 6.45) is 4.86. The predicted octanol–water partition coefficient (Wildman–Crippen LogP) is 2.99. The van der Waals surface area contributed by atoms with E-state index in [0.717, 1.165) is 37.0 Å². The van der Waals surface area contributed by atoms with Crippen molar-refractivity contribution in [1.29, 1.82) is 0 Å². The number of hydrogen-bond donors (Lipinski definition) is 2. The van der Waals surface area contributed by atoms with Crippen molar-refractivity contribution in [3.8, 4) is 0 Å². The molecule has 5 heteroatoms. The van der Waals surface area contributed by atoms with Gasteiger partial charge in [-0.3, -0.25) is 0 Å². The minimum absolute atomic E-state index is 0.679. The minimum atomic E-state index is 0.679. The highest BCUT2D eigenvalue weighted by Crippen LogP contribution is 2.29. The largest absolute Gasteiger partial charge is 0.371 e. The summed E-state index contributed by atoms with van der Waals surface area (Å²) in [5.41, 5.74) is 2.57. The number of aromatic amines is 1. The van der Waals surface area contributed by atoms with Crippen molar-refractivity contribution in [1.82, 2.24) is 15.3 Å². The van der Waals surface area contributed by atoms with Gasteiger partial charge in [0.15, 0.2) is 0 Å². The molecule has 2 heterocycles. The SMILES string of the molecule is Cc1ccc(Cl)cc1N1CCC(CNCc2ncc[nH]2)C1. The molecule has 1 aromatic carbocycles. The van der Waals surface area contributed by atoms with Crippen LogP contribution in [-0.4, -0.2) is 29.6 Å². The van der Waals surface area contributed by atoms with Gasteiger partial charge in [0.2, 0.25) is 0 Å². The number of H-pyrrole nitrogens is 1. The molecule has 1 fully saturated rings. The van der Waals surface area contributed by atoms with Gasteiger partial charge in [0, 0.05) is 42.7 Å². The van der Waals surface area contributed by atoms with E-state index in [1.807, 2.05) is 12.3 Å². The van der Waals surface area contributed by atoms with Gasteiger partial charge in [0.25, 0.3) is 0 Å². The number of rotatable bonds is 5. The number of imidazole rings is 1. The average molecular weight is 305 g/mol. The van der Waals surface area contributed by atoms with E-state index in [-0.39, 0.29) is 0 Å². The topological polar surface area (TPSA) is 44.0 Å². The number of aryl methyl sites for hydroxylation is 1. The smallest absolute Gasteiger partial charge is 0.120 e. The third kappa shape index (κ3) is 3.57. The van der Waals surface area contributed by atoms with Gasteiger partial charge in [0.05, 0.1) is 6.54 Å². The molecule has 1 aliphatic rings. The van der Waals surface area contributed by atoms with Crippen LogP contribution in [0.15, 0.2) is 30.6 Å². The first-order valence-corrected chi connectivity index (χ1v) is 7.80. The zero-order valence-corrected chi connectivity index (χ0v) is 13.0. The van der Waals surface area contributed by atoms with Crippen LogP contribution in [-0.2, 0) is 6.54 Å². The zero-order valence-electron chi connectivity index (χ0n) is 12.3. The van der Waals surface area contributed by atoms with Crippen LogP contribution in [0.2, 0.25) is 5.02 Å². The summed E-state index contributed by atoms with van der Waals surface area (Å²) in [5.74, 6) is 1.67. The van der Waals surface area contributed by atoms with E-state index < -0.39 is 0 Å². The van der Waals surface area contributed by atoms with Crippen LogP contribution in [0.1, 0.15) is 17.8 Å². The molecule has 0 spiro atoms. The Kier molecular flexibility index (Phi) is 4.46. The number of halogens is 1. The van der Waals surface area contributed by atoms with Gasteiger partial charge in [-0.05, 0) is 37.0 Å². The van der Waals surface area contributed by atoms with Crippen LogP contribution in [0.3, 0.4) is 0 Å². The van der Waals surface area contributed by atoms with E-state index in [4.69, 9.17) is 11.6 Å². The van der Waals surface area contributed by atoms with Crippen LogP contribution in [0.5, 0.6) is 0 Å². The minimum Gasteiger partial charge on any atom is -0.371 e. The van der Waals surface area contributed by atoms with Gasteiger partial charge in [-0.1, -0.05) is 17.7 Å². The Morgan fingerprint density at radius 3 is 3.19 bits per heavy atom. The Bertz CT molecular complexity index is 582. The van der Waals surface area contributed by atoms with Crippen molar-refractivity contribution in [2.24, 2.45) is 5.92 Å². The van der Waals surface area contributed by atoms with E-state index in [0.29, 0.717) is 5.92 Å². The van der Waals surface area contributed by atoms with Gasteiger partial charge in [0.1, 0.15) is 5.82 Å². The monoisotopic (exact) mass is 304 g/mol. The Balaban J connectivity index is 1.52. The van der Waals surface area contributed by atoms with Crippen LogP contribution in [0.4, 0.5) is 5.69 Å². The van der Waals surface area contributed by atoms with Gasteiger partial charge >= 0.3 is 0 Å². The molecule has 0 radical (unpaired) electrons. The molecule has 1 atom stereocenters. The third-order valence-electron chi connectivity index (χ3n) is 4.08. The lowest BCUT2D eigenvalue weighted by Crippen LogP contribution is -2.26. The molecule has 1 aromatic heterocycles. The van der Waals surface area contributed by atoms with Crippen LogP contribution >= 0.6 is 11.6 Å². The van der Waals surface area contributed by atoms with Crippen LogP contribution < -0.4 is 10.2 Å². The maximum absolute atomic E-state index is 6.12. The van der Waals surface area contributed by atoms with E-state index in [9.17, 15) is 0 Å². The first-order chi connectivity index (χ1) is 10.2. The molecule has 1 aliphatic heterocycles. The lowest BCUT2D eigenvalue weighted by Gasteiger charge is -2.21. The van der Waals surface area contributed by atoms with Crippen molar-refractivity contribution in [3.05, 3.63) is 47.0 Å². The molecule has 2 aromatic rings. The maximum Gasteiger partial charge on any atom is 0.120 e. The number of anilines is 1. The molecule has 0 bridgehead atoms. The van der Waals surface area contributed by atoms with Crippen molar-refractivity contribution in [2.45, 2.75) is 19.9 Å². The van der Waals surface area contributed by atoms with Crippen molar-refractivity contribution in [2.75, 3.05) is 24.5 Å². The third-order valence-corrected chi connectivity index (χ3v) is 4.31. The molecule has 0 saturated carbocycles. The van der Waals surface area contributed by atoms with E-state index >= 15 is 0 Å². The fraction of sp³-hybridized carbons (Fsp3) is 0.438. The molecule has 1 unspecified atom stereocenters. The fourth-order valence-corrected chi connectivity index (χ4v) is 3.10. The normalized spacial score (nSPS) is 18.4. The molecule has 0 aliphatic carbocycles. The Morgan fingerprint density at radius 1 is 1.48 bits per heavy atom. The molecule has 0 amide bonds. The van der Waals surface area contributed by atoms with E-state index in [1.54, 1.807) is 6.20 Å². The lowest BCUT2D eigenvalue weighted by atomic mass is 10.1. The second-order valence-electron chi connectivity index (χ2n) is 5.70. The predicted molar refractivity (Wildman–Crippen MR) is 86.8 cm³/mol. The number of hydrogen-bond acceptors (Lipinski definition) is 3. The molecule has 2 N–H and O–H groups in total. The first-order valence-electron chi connectivity index (χ1n) is 7.42. The van der Waals surface area contributed by atoms with Gasteiger partial charge in [-0.2, -0.15) is 0 Å². The van der Waals surface area contributed by atoms with E-state index in [2.05, 4.69) is 39.2 Å². The van der Waals surface area contributed by atoms with Crippen LogP contribution in [0, 0.1) is 12.8 Å². The number of nitrogens with one attached hydrogen (secondary N) is 2. The Labute approximate surface area is 130 Å². The summed E-state index contributed by atoms with van der Waals surface area (Å²) in [6, 6.07) is 6.13. The Morgan fingerprint density at radius 2 is 2.38 bits per heavy atom. The van der Waals surface area contributed by atoms with Gasteiger partial charge in [-0.25, -0.2) is 4.98 Å². The first kappa shape index (κ1) is 14.4. The summed E-state index contributed by atoms with van der Waals surface area (Å²) in [4.78, 5) is 9.78. The molecule has 1 saturated heterocycles. The van der Waals surface area contributed by atoms with Crippen LogP contribution in [0.25, 0.3) is 0 Å².